The first-order valence-corrected chi connectivity index (χ1v) is 5.69. The smallest absolute Gasteiger partial charge is 0.389 e. The minimum atomic E-state index is -4.19. The average Bonchev–Trinajstić information content (AvgIpc) is 2.32. The standard InChI is InChI=1S/C12H15F3N2O2/c13-12(14,15)6-3-7-17-11(18)8-19-10-5-2-1-4-9(10)16/h1-2,4-5H,3,6-8,16H2,(H,17,18). The zero-order chi connectivity index (χ0) is 14.3. The lowest BCUT2D eigenvalue weighted by molar-refractivity contribution is -0.136. The predicted molar refractivity (Wildman–Crippen MR) is 64.6 cm³/mol. The van der Waals surface area contributed by atoms with Crippen LogP contribution >= 0.6 is 0 Å². The number of alkyl halides is 3. The molecule has 0 aliphatic rings. The molecule has 0 atom stereocenters. The monoisotopic (exact) mass is 276 g/mol. The number of carbonyl (C=O) groups excluding carboxylic acids is 1. The third-order valence-electron chi connectivity index (χ3n) is 2.24. The Morgan fingerprint density at radius 2 is 2.00 bits per heavy atom. The van der Waals surface area contributed by atoms with E-state index in [2.05, 4.69) is 5.32 Å². The van der Waals surface area contributed by atoms with E-state index in [0.29, 0.717) is 11.4 Å². The van der Waals surface area contributed by atoms with Crippen molar-refractivity contribution in [1.29, 1.82) is 0 Å². The molecule has 0 radical (unpaired) electrons. The molecule has 1 rings (SSSR count). The molecule has 0 heterocycles. The van der Waals surface area contributed by atoms with Gasteiger partial charge in [-0.15, -0.1) is 0 Å². The Kier molecular flexibility index (Phi) is 5.47. The molecule has 3 N–H and O–H groups in total. The number of hydrogen-bond acceptors (Lipinski definition) is 3. The highest BCUT2D eigenvalue weighted by atomic mass is 19.4. The number of hydrogen-bond donors (Lipinski definition) is 2. The molecule has 0 aromatic heterocycles. The fraction of sp³-hybridized carbons (Fsp3) is 0.417. The molecule has 106 valence electrons. The summed E-state index contributed by atoms with van der Waals surface area (Å²) in [5.74, 6) is -0.113. The van der Waals surface area contributed by atoms with Gasteiger partial charge in [0.25, 0.3) is 5.91 Å². The second-order valence-corrected chi connectivity index (χ2v) is 3.90. The molecule has 0 fully saturated rings. The summed E-state index contributed by atoms with van der Waals surface area (Å²) in [6.45, 7) is -0.313. The lowest BCUT2D eigenvalue weighted by Crippen LogP contribution is -2.30. The van der Waals surface area contributed by atoms with Crippen LogP contribution in [0.5, 0.6) is 5.75 Å². The van der Waals surface area contributed by atoms with E-state index in [9.17, 15) is 18.0 Å². The lowest BCUT2D eigenvalue weighted by Gasteiger charge is -2.09. The van der Waals surface area contributed by atoms with Gasteiger partial charge in [-0.05, 0) is 18.6 Å². The number of ether oxygens (including phenoxy) is 1. The number of para-hydroxylation sites is 2. The van der Waals surface area contributed by atoms with Gasteiger partial charge in [-0.2, -0.15) is 13.2 Å². The molecule has 0 unspecified atom stereocenters. The van der Waals surface area contributed by atoms with Crippen LogP contribution in [0.15, 0.2) is 24.3 Å². The van der Waals surface area contributed by atoms with Crippen molar-refractivity contribution < 1.29 is 22.7 Å². The molecule has 0 aliphatic heterocycles. The highest BCUT2D eigenvalue weighted by molar-refractivity contribution is 5.77. The van der Waals surface area contributed by atoms with Gasteiger partial charge in [0.1, 0.15) is 5.75 Å². The van der Waals surface area contributed by atoms with Crippen LogP contribution in [0.1, 0.15) is 12.8 Å². The molecule has 1 aromatic rings. The summed E-state index contributed by atoms with van der Waals surface area (Å²) in [6, 6.07) is 6.65. The van der Waals surface area contributed by atoms with Gasteiger partial charge in [0, 0.05) is 13.0 Å². The zero-order valence-corrected chi connectivity index (χ0v) is 10.2. The first-order chi connectivity index (χ1) is 8.88. The first kappa shape index (κ1) is 15.1. The fourth-order valence-corrected chi connectivity index (χ4v) is 1.32. The summed E-state index contributed by atoms with van der Waals surface area (Å²) in [6.07, 6.45) is -5.26. The number of nitrogens with two attached hydrogens (primary N) is 1. The van der Waals surface area contributed by atoms with E-state index in [4.69, 9.17) is 10.5 Å². The number of anilines is 1. The van der Waals surface area contributed by atoms with Crippen LogP contribution in [0.25, 0.3) is 0 Å². The Balaban J connectivity index is 2.20. The molecule has 1 aromatic carbocycles. The number of carbonyl (C=O) groups is 1. The second-order valence-electron chi connectivity index (χ2n) is 3.90. The van der Waals surface area contributed by atoms with Crippen LogP contribution in [0.3, 0.4) is 0 Å². The van der Waals surface area contributed by atoms with Crippen molar-refractivity contribution in [2.45, 2.75) is 19.0 Å². The van der Waals surface area contributed by atoms with Gasteiger partial charge >= 0.3 is 6.18 Å². The van der Waals surface area contributed by atoms with Crippen LogP contribution in [-0.4, -0.2) is 25.2 Å². The molecule has 0 saturated heterocycles. The van der Waals surface area contributed by atoms with Gasteiger partial charge in [-0.25, -0.2) is 0 Å². The second kappa shape index (κ2) is 6.86. The molecule has 7 heteroatoms. The Hall–Kier alpha value is -1.92. The minimum Gasteiger partial charge on any atom is -0.482 e. The maximum Gasteiger partial charge on any atom is 0.389 e. The lowest BCUT2D eigenvalue weighted by atomic mass is 10.3. The molecule has 1 amide bonds. The number of amides is 1. The number of rotatable bonds is 6. The van der Waals surface area contributed by atoms with Crippen molar-refractivity contribution in [3.8, 4) is 5.75 Å². The van der Waals surface area contributed by atoms with Gasteiger partial charge in [-0.1, -0.05) is 12.1 Å². The number of halogens is 3. The van der Waals surface area contributed by atoms with Crippen molar-refractivity contribution in [3.63, 3.8) is 0 Å². The van der Waals surface area contributed by atoms with Crippen LogP contribution in [0, 0.1) is 0 Å². The van der Waals surface area contributed by atoms with Crippen LogP contribution in [0.4, 0.5) is 18.9 Å². The number of benzene rings is 1. The Labute approximate surface area is 108 Å². The molecular weight excluding hydrogens is 261 g/mol. The molecule has 0 spiro atoms. The third kappa shape index (κ3) is 6.54. The Morgan fingerprint density at radius 3 is 2.63 bits per heavy atom. The van der Waals surface area contributed by atoms with E-state index in [1.165, 1.54) is 0 Å². The third-order valence-corrected chi connectivity index (χ3v) is 2.24. The van der Waals surface area contributed by atoms with Crippen molar-refractivity contribution in [1.82, 2.24) is 5.32 Å². The zero-order valence-electron chi connectivity index (χ0n) is 10.2. The van der Waals surface area contributed by atoms with Gasteiger partial charge in [0.05, 0.1) is 5.69 Å². The summed E-state index contributed by atoms with van der Waals surface area (Å²) in [4.78, 5) is 11.3. The average molecular weight is 276 g/mol. The summed E-state index contributed by atoms with van der Waals surface area (Å²) in [5.41, 5.74) is 5.99. The Bertz CT molecular complexity index is 422. The largest absolute Gasteiger partial charge is 0.482 e. The van der Waals surface area contributed by atoms with Crippen molar-refractivity contribution >= 4 is 11.6 Å². The minimum absolute atomic E-state index is 0.0357. The van der Waals surface area contributed by atoms with Crippen molar-refractivity contribution in [3.05, 3.63) is 24.3 Å². The highest BCUT2D eigenvalue weighted by Crippen LogP contribution is 2.21. The van der Waals surface area contributed by atoms with Gasteiger partial charge < -0.3 is 15.8 Å². The molecule has 19 heavy (non-hydrogen) atoms. The van der Waals surface area contributed by atoms with Crippen LogP contribution in [-0.2, 0) is 4.79 Å². The van der Waals surface area contributed by atoms with Gasteiger partial charge in [0.15, 0.2) is 6.61 Å². The number of nitrogen functional groups attached to an aromatic ring is 1. The van der Waals surface area contributed by atoms with Crippen LogP contribution < -0.4 is 15.8 Å². The van der Waals surface area contributed by atoms with E-state index in [0.717, 1.165) is 0 Å². The molecule has 0 aliphatic carbocycles. The van der Waals surface area contributed by atoms with E-state index in [1.54, 1.807) is 24.3 Å². The SMILES string of the molecule is Nc1ccccc1OCC(=O)NCCCC(F)(F)F. The predicted octanol–water partition coefficient (Wildman–Crippen LogP) is 2.11. The molecular formula is C12H15F3N2O2. The quantitative estimate of drug-likeness (QED) is 0.618. The Morgan fingerprint density at radius 1 is 1.32 bits per heavy atom. The topological polar surface area (TPSA) is 64.3 Å². The van der Waals surface area contributed by atoms with E-state index >= 15 is 0 Å². The van der Waals surface area contributed by atoms with E-state index in [1.807, 2.05) is 0 Å². The summed E-state index contributed by atoms with van der Waals surface area (Å²) >= 11 is 0. The van der Waals surface area contributed by atoms with Crippen molar-refractivity contribution in [2.24, 2.45) is 0 Å². The van der Waals surface area contributed by atoms with Crippen molar-refractivity contribution in [2.75, 3.05) is 18.9 Å². The normalized spacial score (nSPS) is 11.1. The fourth-order valence-electron chi connectivity index (χ4n) is 1.32. The molecule has 4 nitrogen and oxygen atoms in total. The maximum absolute atomic E-state index is 11.8. The van der Waals surface area contributed by atoms with Crippen LogP contribution in [0.2, 0.25) is 0 Å². The van der Waals surface area contributed by atoms with E-state index in [-0.39, 0.29) is 19.6 Å². The first-order valence-electron chi connectivity index (χ1n) is 5.69. The highest BCUT2D eigenvalue weighted by Gasteiger charge is 2.25. The molecule has 0 bridgehead atoms. The maximum atomic E-state index is 11.8. The van der Waals surface area contributed by atoms with E-state index < -0.39 is 18.5 Å². The van der Waals surface area contributed by atoms with Gasteiger partial charge in [-0.3, -0.25) is 4.79 Å². The summed E-state index contributed by atoms with van der Waals surface area (Å²) in [5, 5.41) is 2.34. The summed E-state index contributed by atoms with van der Waals surface area (Å²) in [7, 11) is 0. The molecule has 0 saturated carbocycles. The number of nitrogens with one attached hydrogen (secondary N) is 1. The summed E-state index contributed by atoms with van der Waals surface area (Å²) < 4.78 is 40.7. The van der Waals surface area contributed by atoms with Gasteiger partial charge in [0.2, 0.25) is 0 Å².